The van der Waals surface area contributed by atoms with E-state index in [0.29, 0.717) is 12.1 Å². The highest BCUT2D eigenvalue weighted by atomic mass is 15.1. The predicted octanol–water partition coefficient (Wildman–Crippen LogP) is 3.37. The van der Waals surface area contributed by atoms with Gasteiger partial charge in [0.05, 0.1) is 18.1 Å². The maximum atomic E-state index is 4.54. The summed E-state index contributed by atoms with van der Waals surface area (Å²) in [4.78, 5) is 11.4. The molecule has 0 radical (unpaired) electrons. The van der Waals surface area contributed by atoms with Crippen molar-refractivity contribution in [3.8, 4) is 0 Å². The topological polar surface area (TPSA) is 28.0 Å². The Balaban J connectivity index is 1.74. The molecule has 2 aliphatic carbocycles. The zero-order valence-corrected chi connectivity index (χ0v) is 11.9. The molecule has 0 bridgehead atoms. The van der Waals surface area contributed by atoms with Gasteiger partial charge < -0.3 is 4.90 Å². The van der Waals surface area contributed by atoms with E-state index in [1.54, 1.807) is 0 Å². The minimum absolute atomic E-state index is 0.480. The lowest BCUT2D eigenvalue weighted by Crippen LogP contribution is -2.33. The summed E-state index contributed by atoms with van der Waals surface area (Å²) in [5.41, 5.74) is 0. The van der Waals surface area contributed by atoms with Crippen LogP contribution in [-0.4, -0.2) is 43.1 Å². The molecule has 0 aromatic heterocycles. The predicted molar refractivity (Wildman–Crippen MR) is 76.5 cm³/mol. The SMILES string of the molecule is CN(C)C1CCC(N=C=NC2CCCCC2)CC1. The van der Waals surface area contributed by atoms with Crippen LogP contribution >= 0.6 is 0 Å². The Morgan fingerprint density at radius 1 is 0.778 bits per heavy atom. The van der Waals surface area contributed by atoms with E-state index >= 15 is 0 Å². The van der Waals surface area contributed by atoms with Gasteiger partial charge in [0.2, 0.25) is 0 Å². The summed E-state index contributed by atoms with van der Waals surface area (Å²) in [7, 11) is 4.36. The third kappa shape index (κ3) is 4.22. The molecule has 2 fully saturated rings. The Morgan fingerprint density at radius 3 is 1.89 bits per heavy atom. The normalized spacial score (nSPS) is 29.9. The lowest BCUT2D eigenvalue weighted by Gasteiger charge is -2.30. The Morgan fingerprint density at radius 2 is 1.33 bits per heavy atom. The van der Waals surface area contributed by atoms with Crippen molar-refractivity contribution in [1.82, 2.24) is 4.90 Å². The summed E-state index contributed by atoms with van der Waals surface area (Å²) in [5, 5.41) is 0. The van der Waals surface area contributed by atoms with E-state index in [1.165, 1.54) is 57.8 Å². The van der Waals surface area contributed by atoms with Gasteiger partial charge in [-0.2, -0.15) is 0 Å². The van der Waals surface area contributed by atoms with Gasteiger partial charge in [-0.1, -0.05) is 19.3 Å². The highest BCUT2D eigenvalue weighted by Crippen LogP contribution is 2.23. The minimum atomic E-state index is 0.480. The van der Waals surface area contributed by atoms with Gasteiger partial charge in [-0.25, -0.2) is 9.98 Å². The summed E-state index contributed by atoms with van der Waals surface area (Å²) >= 11 is 0. The molecule has 3 heteroatoms. The fourth-order valence-corrected chi connectivity index (χ4v) is 3.11. The zero-order valence-electron chi connectivity index (χ0n) is 11.9. The molecule has 0 heterocycles. The second-order valence-corrected chi connectivity index (χ2v) is 6.08. The van der Waals surface area contributed by atoms with E-state index in [0.717, 1.165) is 6.04 Å². The van der Waals surface area contributed by atoms with Crippen LogP contribution in [0.1, 0.15) is 57.8 Å². The van der Waals surface area contributed by atoms with E-state index in [-0.39, 0.29) is 0 Å². The molecule has 0 aromatic rings. The van der Waals surface area contributed by atoms with Gasteiger partial charge in [0.25, 0.3) is 0 Å². The van der Waals surface area contributed by atoms with Gasteiger partial charge in [0.1, 0.15) is 0 Å². The van der Waals surface area contributed by atoms with Crippen LogP contribution in [0.25, 0.3) is 0 Å². The standard InChI is InChI=1S/C15H27N3/c1-18(2)15-10-8-14(9-11-15)17-12-16-13-6-4-3-5-7-13/h13-15H,3-11H2,1-2H3. The van der Waals surface area contributed by atoms with Crippen molar-refractivity contribution >= 4 is 6.01 Å². The molecule has 18 heavy (non-hydrogen) atoms. The zero-order chi connectivity index (χ0) is 12.8. The summed E-state index contributed by atoms with van der Waals surface area (Å²) in [6.45, 7) is 0. The minimum Gasteiger partial charge on any atom is -0.306 e. The van der Waals surface area contributed by atoms with Crippen molar-refractivity contribution in [1.29, 1.82) is 0 Å². The summed E-state index contributed by atoms with van der Waals surface area (Å²) < 4.78 is 0. The first-order chi connectivity index (χ1) is 8.75. The van der Waals surface area contributed by atoms with Crippen molar-refractivity contribution in [2.45, 2.75) is 75.9 Å². The summed E-state index contributed by atoms with van der Waals surface area (Å²) in [5.74, 6) is 0. The summed E-state index contributed by atoms with van der Waals surface area (Å²) in [6, 6.07) is 4.76. The third-order valence-corrected chi connectivity index (χ3v) is 4.45. The smallest absolute Gasteiger partial charge is 0.0898 e. The largest absolute Gasteiger partial charge is 0.306 e. The van der Waals surface area contributed by atoms with Crippen LogP contribution in [0.3, 0.4) is 0 Å². The highest BCUT2D eigenvalue weighted by molar-refractivity contribution is 5.42. The maximum Gasteiger partial charge on any atom is 0.0898 e. The van der Waals surface area contributed by atoms with Crippen molar-refractivity contribution in [3.05, 3.63) is 0 Å². The molecule has 3 nitrogen and oxygen atoms in total. The van der Waals surface area contributed by atoms with E-state index < -0.39 is 0 Å². The molecule has 0 spiro atoms. The van der Waals surface area contributed by atoms with Crippen LogP contribution in [0.4, 0.5) is 0 Å². The average molecular weight is 249 g/mol. The first kappa shape index (κ1) is 13.8. The Labute approximate surface area is 111 Å². The molecule has 0 atom stereocenters. The second kappa shape index (κ2) is 7.06. The molecule has 0 unspecified atom stereocenters. The Bertz CT molecular complexity index is 291. The molecule has 2 rings (SSSR count). The van der Waals surface area contributed by atoms with Crippen LogP contribution in [0, 0.1) is 0 Å². The fraction of sp³-hybridized carbons (Fsp3) is 0.933. The molecule has 0 amide bonds. The first-order valence-electron chi connectivity index (χ1n) is 7.57. The lowest BCUT2D eigenvalue weighted by molar-refractivity contribution is 0.218. The molecule has 2 aliphatic rings. The quantitative estimate of drug-likeness (QED) is 0.705. The molecule has 0 saturated heterocycles. The van der Waals surface area contributed by atoms with Crippen molar-refractivity contribution < 1.29 is 0 Å². The van der Waals surface area contributed by atoms with Crippen LogP contribution in [0.15, 0.2) is 9.98 Å². The van der Waals surface area contributed by atoms with Crippen LogP contribution < -0.4 is 0 Å². The molecule has 102 valence electrons. The monoisotopic (exact) mass is 249 g/mol. The fourth-order valence-electron chi connectivity index (χ4n) is 3.11. The summed E-state index contributed by atoms with van der Waals surface area (Å²) in [6.07, 6.45) is 11.5. The molecule has 0 aliphatic heterocycles. The van der Waals surface area contributed by atoms with Crippen LogP contribution in [0.2, 0.25) is 0 Å². The molecule has 0 aromatic carbocycles. The van der Waals surface area contributed by atoms with Gasteiger partial charge in [0, 0.05) is 6.04 Å². The van der Waals surface area contributed by atoms with Gasteiger partial charge >= 0.3 is 0 Å². The van der Waals surface area contributed by atoms with Gasteiger partial charge in [-0.15, -0.1) is 0 Å². The van der Waals surface area contributed by atoms with Gasteiger partial charge in [0.15, 0.2) is 0 Å². The highest BCUT2D eigenvalue weighted by Gasteiger charge is 2.21. The lowest BCUT2D eigenvalue weighted by atomic mass is 9.91. The Kier molecular flexibility index (Phi) is 5.40. The number of hydrogen-bond donors (Lipinski definition) is 0. The third-order valence-electron chi connectivity index (χ3n) is 4.45. The van der Waals surface area contributed by atoms with Crippen molar-refractivity contribution in [2.24, 2.45) is 9.98 Å². The van der Waals surface area contributed by atoms with Crippen LogP contribution in [0.5, 0.6) is 0 Å². The van der Waals surface area contributed by atoms with E-state index in [4.69, 9.17) is 0 Å². The van der Waals surface area contributed by atoms with Crippen molar-refractivity contribution in [2.75, 3.05) is 14.1 Å². The molecular weight excluding hydrogens is 222 g/mol. The Hall–Kier alpha value is -0.660. The molecule has 2 saturated carbocycles. The second-order valence-electron chi connectivity index (χ2n) is 6.08. The van der Waals surface area contributed by atoms with E-state index in [9.17, 15) is 0 Å². The average Bonchev–Trinajstić information content (AvgIpc) is 2.40. The van der Waals surface area contributed by atoms with Gasteiger partial charge in [-0.05, 0) is 52.6 Å². The van der Waals surface area contributed by atoms with E-state index in [1.807, 2.05) is 0 Å². The van der Waals surface area contributed by atoms with Crippen molar-refractivity contribution in [3.63, 3.8) is 0 Å². The number of hydrogen-bond acceptors (Lipinski definition) is 3. The molecule has 0 N–H and O–H groups in total. The number of aliphatic imine (C=N–C) groups is 2. The maximum absolute atomic E-state index is 4.54. The van der Waals surface area contributed by atoms with Gasteiger partial charge in [-0.3, -0.25) is 0 Å². The molecular formula is C15H27N3. The van der Waals surface area contributed by atoms with E-state index in [2.05, 4.69) is 35.0 Å². The van der Waals surface area contributed by atoms with Crippen LogP contribution in [-0.2, 0) is 0 Å². The number of nitrogens with zero attached hydrogens (tertiary/aromatic N) is 3. The first-order valence-corrected chi connectivity index (χ1v) is 7.57. The number of rotatable bonds is 3.